The summed E-state index contributed by atoms with van der Waals surface area (Å²) < 4.78 is 30.8. The molecule has 0 saturated heterocycles. The van der Waals surface area contributed by atoms with E-state index >= 15 is 0 Å². The second-order valence-corrected chi connectivity index (χ2v) is 15.0. The van der Waals surface area contributed by atoms with Gasteiger partial charge in [0.2, 0.25) is 5.91 Å². The highest BCUT2D eigenvalue weighted by molar-refractivity contribution is 7.85. The Morgan fingerprint density at radius 2 is 1.55 bits per heavy atom. The van der Waals surface area contributed by atoms with E-state index in [9.17, 15) is 18.0 Å². The van der Waals surface area contributed by atoms with Crippen LogP contribution in [0, 0.1) is 5.41 Å². The summed E-state index contributed by atoms with van der Waals surface area (Å²) in [5.74, 6) is -1.94. The third-order valence-corrected chi connectivity index (χ3v) is 8.78. The van der Waals surface area contributed by atoms with Gasteiger partial charge in [-0.15, -0.1) is 0 Å². The van der Waals surface area contributed by atoms with Crippen molar-refractivity contribution in [3.8, 4) is 11.1 Å². The van der Waals surface area contributed by atoms with E-state index in [-0.39, 0.29) is 17.9 Å². The molecule has 0 heterocycles. The molecule has 0 radical (unpaired) electrons. The van der Waals surface area contributed by atoms with Gasteiger partial charge in [0.1, 0.15) is 0 Å². The molecule has 0 bridgehead atoms. The molecule has 0 aliphatic heterocycles. The number of rotatable bonds is 11. The topological polar surface area (TPSA) is 113 Å². The van der Waals surface area contributed by atoms with Crippen LogP contribution in [0.15, 0.2) is 91.0 Å². The van der Waals surface area contributed by atoms with Crippen molar-refractivity contribution < 1.29 is 22.6 Å². The van der Waals surface area contributed by atoms with Gasteiger partial charge in [-0.3, -0.25) is 14.1 Å². The highest BCUT2D eigenvalue weighted by atomic mass is 35.5. The number of amides is 2. The van der Waals surface area contributed by atoms with Gasteiger partial charge in [0.15, 0.2) is 0 Å². The van der Waals surface area contributed by atoms with Crippen LogP contribution in [0.5, 0.6) is 0 Å². The van der Waals surface area contributed by atoms with Gasteiger partial charge in [-0.1, -0.05) is 116 Å². The molecule has 0 aliphatic carbocycles. The molecular weight excluding hydrogens is 679 g/mol. The van der Waals surface area contributed by atoms with Gasteiger partial charge in [-0.25, -0.2) is 0 Å². The van der Waals surface area contributed by atoms with E-state index in [4.69, 9.17) is 39.4 Å². The van der Waals surface area contributed by atoms with Crippen molar-refractivity contribution >= 4 is 68.5 Å². The highest BCUT2D eigenvalue weighted by Crippen LogP contribution is 2.35. The largest absolute Gasteiger partial charge is 0.351 e. The number of halogens is 3. The van der Waals surface area contributed by atoms with E-state index in [1.807, 2.05) is 36.4 Å². The van der Waals surface area contributed by atoms with Crippen molar-refractivity contribution in [1.82, 2.24) is 5.32 Å². The lowest BCUT2D eigenvalue weighted by Gasteiger charge is -2.19. The van der Waals surface area contributed by atoms with Gasteiger partial charge >= 0.3 is 0 Å². The minimum atomic E-state index is -4.19. The van der Waals surface area contributed by atoms with E-state index in [2.05, 4.69) is 37.5 Å². The summed E-state index contributed by atoms with van der Waals surface area (Å²) in [6.45, 7) is 6.14. The maximum absolute atomic E-state index is 13.9. The molecule has 7 nitrogen and oxygen atoms in total. The number of hydrogen-bond acceptors (Lipinski definition) is 4. The van der Waals surface area contributed by atoms with Crippen LogP contribution in [0.25, 0.3) is 17.2 Å². The molecule has 0 spiro atoms. The molecule has 1 unspecified atom stereocenters. The van der Waals surface area contributed by atoms with Gasteiger partial charge in [0.05, 0.1) is 22.4 Å². The Morgan fingerprint density at radius 1 is 0.872 bits per heavy atom. The molecule has 0 saturated carbocycles. The number of nitrogens with one attached hydrogen (secondary N) is 2. The Balaban J connectivity index is 1.57. The summed E-state index contributed by atoms with van der Waals surface area (Å²) in [6.07, 6.45) is 4.49. The predicted octanol–water partition coefficient (Wildman–Crippen LogP) is 8.96. The van der Waals surface area contributed by atoms with Gasteiger partial charge in [0, 0.05) is 27.7 Å². The van der Waals surface area contributed by atoms with E-state index < -0.39 is 27.7 Å². The molecule has 0 fully saturated rings. The second-order valence-electron chi connectivity index (χ2n) is 12.2. The van der Waals surface area contributed by atoms with Crippen LogP contribution in [0.1, 0.15) is 53.7 Å². The first-order valence-electron chi connectivity index (χ1n) is 14.8. The Morgan fingerprint density at radius 3 is 2.15 bits per heavy atom. The Hall–Kier alpha value is -3.66. The lowest BCUT2D eigenvalue weighted by molar-refractivity contribution is -0.117. The monoisotopic (exact) mass is 712 g/mol. The number of benzene rings is 4. The summed E-state index contributed by atoms with van der Waals surface area (Å²) in [6, 6.07) is 25.0. The van der Waals surface area contributed by atoms with Crippen LogP contribution in [0.4, 0.5) is 5.69 Å². The third kappa shape index (κ3) is 10.9. The Bertz CT molecular complexity index is 1890. The maximum Gasteiger partial charge on any atom is 0.266 e. The van der Waals surface area contributed by atoms with Crippen molar-refractivity contribution in [1.29, 1.82) is 0 Å². The quantitative estimate of drug-likeness (QED) is 0.134. The minimum Gasteiger partial charge on any atom is -0.351 e. The predicted molar refractivity (Wildman–Crippen MR) is 192 cm³/mol. The molecular formula is C36H35Cl3N2O5S. The number of anilines is 1. The van der Waals surface area contributed by atoms with Crippen LogP contribution in [-0.2, 0) is 21.3 Å². The molecule has 246 valence electrons. The van der Waals surface area contributed by atoms with Gasteiger partial charge in [-0.05, 0) is 70.5 Å². The Kier molecular flexibility index (Phi) is 11.9. The first kappa shape index (κ1) is 36.2. The molecule has 0 aliphatic rings. The molecule has 1 atom stereocenters. The Labute approximate surface area is 290 Å². The van der Waals surface area contributed by atoms with Crippen LogP contribution < -0.4 is 10.6 Å². The molecule has 47 heavy (non-hydrogen) atoms. The van der Waals surface area contributed by atoms with Gasteiger partial charge in [0.25, 0.3) is 16.0 Å². The minimum absolute atomic E-state index is 0.0222. The number of carbonyl (C=O) groups is 2. The summed E-state index contributed by atoms with van der Waals surface area (Å²) in [7, 11) is -4.19. The smallest absolute Gasteiger partial charge is 0.266 e. The average Bonchev–Trinajstić information content (AvgIpc) is 2.99. The SMILES string of the molecule is CC(C)(C)/C=C/c1ccc(C(Cc2ccc(C(=O)NCCS(=O)(=O)O)cc2)C(=O)Nc2ccc(-c3ccc(Cl)cc3Cl)cc2Cl)cc1. The molecule has 3 N–H and O–H groups in total. The zero-order chi connectivity index (χ0) is 34.4. The van der Waals surface area contributed by atoms with Crippen LogP contribution in [0.3, 0.4) is 0 Å². The highest BCUT2D eigenvalue weighted by Gasteiger charge is 2.23. The van der Waals surface area contributed by atoms with Crippen molar-refractivity contribution in [2.45, 2.75) is 33.1 Å². The number of hydrogen-bond donors (Lipinski definition) is 3. The van der Waals surface area contributed by atoms with Gasteiger partial charge in [-0.2, -0.15) is 8.42 Å². The summed E-state index contributed by atoms with van der Waals surface area (Å²) in [4.78, 5) is 26.3. The normalized spacial score (nSPS) is 12.6. The summed E-state index contributed by atoms with van der Waals surface area (Å²) in [5.41, 5.74) is 4.90. The van der Waals surface area contributed by atoms with Gasteiger partial charge < -0.3 is 10.6 Å². The van der Waals surface area contributed by atoms with E-state index in [0.717, 1.165) is 27.8 Å². The molecule has 0 aromatic heterocycles. The van der Waals surface area contributed by atoms with Crippen molar-refractivity contribution in [3.05, 3.63) is 128 Å². The van der Waals surface area contributed by atoms with Crippen molar-refractivity contribution in [2.75, 3.05) is 17.6 Å². The maximum atomic E-state index is 13.9. The third-order valence-electron chi connectivity index (χ3n) is 7.20. The number of carbonyl (C=O) groups excluding carboxylic acids is 2. The first-order chi connectivity index (χ1) is 22.1. The fourth-order valence-electron chi connectivity index (χ4n) is 4.70. The standard InChI is InChI=1S/C36H35Cl3N2O5S/c1-36(2,3)17-16-23-4-8-25(9-5-23)30(20-24-6-10-26(11-7-24)34(42)40-18-19-47(44,45)46)35(43)41-33-15-12-27(21-32(33)39)29-14-13-28(37)22-31(29)38/h4-17,21-22,30H,18-20H2,1-3H3,(H,40,42)(H,41,43)(H,44,45,46)/b17-16+. The van der Waals surface area contributed by atoms with Crippen LogP contribution in [-0.4, -0.2) is 37.1 Å². The molecule has 4 rings (SSSR count). The average molecular weight is 714 g/mol. The summed E-state index contributed by atoms with van der Waals surface area (Å²) >= 11 is 19.1. The fraction of sp³-hybridized carbons (Fsp3) is 0.222. The zero-order valence-corrected chi connectivity index (χ0v) is 29.1. The lowest BCUT2D eigenvalue weighted by atomic mass is 9.89. The lowest BCUT2D eigenvalue weighted by Crippen LogP contribution is -2.28. The van der Waals surface area contributed by atoms with Crippen molar-refractivity contribution in [2.24, 2.45) is 5.41 Å². The zero-order valence-electron chi connectivity index (χ0n) is 26.1. The molecule has 11 heteroatoms. The molecule has 4 aromatic carbocycles. The summed E-state index contributed by atoms with van der Waals surface area (Å²) in [5, 5.41) is 6.79. The van der Waals surface area contributed by atoms with Crippen LogP contribution in [0.2, 0.25) is 15.1 Å². The van der Waals surface area contributed by atoms with E-state index in [0.29, 0.717) is 32.7 Å². The first-order valence-corrected chi connectivity index (χ1v) is 17.5. The van der Waals surface area contributed by atoms with E-state index in [1.165, 1.54) is 0 Å². The fourth-order valence-corrected chi connectivity index (χ4v) is 5.80. The van der Waals surface area contributed by atoms with Crippen LogP contribution >= 0.6 is 34.8 Å². The number of allylic oxidation sites excluding steroid dienone is 1. The van der Waals surface area contributed by atoms with Crippen molar-refractivity contribution in [3.63, 3.8) is 0 Å². The van der Waals surface area contributed by atoms with E-state index in [1.54, 1.807) is 54.6 Å². The second kappa shape index (κ2) is 15.5. The molecule has 4 aromatic rings. The molecule has 2 amide bonds.